The molecule has 0 aromatic heterocycles. The highest BCUT2D eigenvalue weighted by Crippen LogP contribution is 2.34. The molecule has 16 heavy (non-hydrogen) atoms. The Morgan fingerprint density at radius 3 is 2.31 bits per heavy atom. The zero-order valence-electron chi connectivity index (χ0n) is 9.13. The first-order valence-electron chi connectivity index (χ1n) is 5.82. The molecule has 1 aliphatic carbocycles. The summed E-state index contributed by atoms with van der Waals surface area (Å²) in [6, 6.07) is 3.88. The van der Waals surface area contributed by atoms with E-state index in [-0.39, 0.29) is 11.5 Å². The summed E-state index contributed by atoms with van der Waals surface area (Å²) in [5.41, 5.74) is 0.0666. The standard InChI is InChI=1S/C13H16F2O/c14-10-6-4-7-11(15)13(10)9-5-2-1-3-8-12(9)16/h4,6-7,9,12,16H,1-3,5,8H2. The van der Waals surface area contributed by atoms with Gasteiger partial charge in [0, 0.05) is 11.5 Å². The van der Waals surface area contributed by atoms with Crippen molar-refractivity contribution in [3.8, 4) is 0 Å². The van der Waals surface area contributed by atoms with Crippen molar-refractivity contribution in [2.24, 2.45) is 0 Å². The SMILES string of the molecule is OC1CCCCCC1c1c(F)cccc1F. The molecule has 1 saturated carbocycles. The molecule has 2 rings (SSSR count). The van der Waals surface area contributed by atoms with Crippen LogP contribution in [0.25, 0.3) is 0 Å². The van der Waals surface area contributed by atoms with Crippen molar-refractivity contribution in [1.29, 1.82) is 0 Å². The lowest BCUT2D eigenvalue weighted by molar-refractivity contribution is 0.132. The molecule has 2 unspecified atom stereocenters. The fourth-order valence-electron chi connectivity index (χ4n) is 2.49. The molecule has 88 valence electrons. The number of aliphatic hydroxyl groups excluding tert-OH is 1. The number of hydrogen-bond donors (Lipinski definition) is 1. The largest absolute Gasteiger partial charge is 0.392 e. The van der Waals surface area contributed by atoms with Crippen LogP contribution in [0.4, 0.5) is 8.78 Å². The van der Waals surface area contributed by atoms with Gasteiger partial charge in [0.05, 0.1) is 6.10 Å². The van der Waals surface area contributed by atoms with Gasteiger partial charge in [-0.2, -0.15) is 0 Å². The summed E-state index contributed by atoms with van der Waals surface area (Å²) in [5, 5.41) is 9.92. The Bertz CT molecular complexity index is 345. The van der Waals surface area contributed by atoms with Gasteiger partial charge in [0.1, 0.15) is 11.6 Å². The highest BCUT2D eigenvalue weighted by molar-refractivity contribution is 5.25. The average Bonchev–Trinajstić information content (AvgIpc) is 2.44. The van der Waals surface area contributed by atoms with E-state index in [2.05, 4.69) is 0 Å². The third-order valence-electron chi connectivity index (χ3n) is 3.35. The molecule has 0 aliphatic heterocycles. The molecule has 1 aromatic rings. The smallest absolute Gasteiger partial charge is 0.129 e. The Morgan fingerprint density at radius 2 is 1.62 bits per heavy atom. The van der Waals surface area contributed by atoms with Gasteiger partial charge in [-0.15, -0.1) is 0 Å². The minimum Gasteiger partial charge on any atom is -0.392 e. The third-order valence-corrected chi connectivity index (χ3v) is 3.35. The van der Waals surface area contributed by atoms with E-state index in [1.807, 2.05) is 0 Å². The molecule has 0 heterocycles. The van der Waals surface area contributed by atoms with E-state index in [4.69, 9.17) is 0 Å². The van der Waals surface area contributed by atoms with Crippen LogP contribution in [0.3, 0.4) is 0 Å². The van der Waals surface area contributed by atoms with Crippen molar-refractivity contribution >= 4 is 0 Å². The Hall–Kier alpha value is -0.960. The molecule has 2 atom stereocenters. The van der Waals surface area contributed by atoms with Gasteiger partial charge in [0.15, 0.2) is 0 Å². The molecule has 1 aliphatic rings. The van der Waals surface area contributed by atoms with Gasteiger partial charge < -0.3 is 5.11 Å². The summed E-state index contributed by atoms with van der Waals surface area (Å²) in [6.45, 7) is 0. The first kappa shape index (κ1) is 11.5. The van der Waals surface area contributed by atoms with E-state index in [9.17, 15) is 13.9 Å². The minimum atomic E-state index is -0.617. The summed E-state index contributed by atoms with van der Waals surface area (Å²) in [6.07, 6.45) is 3.58. The van der Waals surface area contributed by atoms with Crippen LogP contribution in [0.5, 0.6) is 0 Å². The molecule has 1 fully saturated rings. The maximum atomic E-state index is 13.6. The van der Waals surface area contributed by atoms with E-state index < -0.39 is 17.7 Å². The van der Waals surface area contributed by atoms with Gasteiger partial charge in [-0.25, -0.2) is 8.78 Å². The lowest BCUT2D eigenvalue weighted by atomic mass is 9.89. The van der Waals surface area contributed by atoms with E-state index in [1.165, 1.54) is 18.2 Å². The van der Waals surface area contributed by atoms with Gasteiger partial charge in [-0.3, -0.25) is 0 Å². The quantitative estimate of drug-likeness (QED) is 0.728. The number of hydrogen-bond acceptors (Lipinski definition) is 1. The predicted octanol–water partition coefficient (Wildman–Crippen LogP) is 3.37. The number of rotatable bonds is 1. The third kappa shape index (κ3) is 2.24. The maximum absolute atomic E-state index is 13.6. The highest BCUT2D eigenvalue weighted by atomic mass is 19.1. The summed E-state index contributed by atoms with van der Waals surface area (Å²) in [5.74, 6) is -1.46. The fraction of sp³-hybridized carbons (Fsp3) is 0.538. The van der Waals surface area contributed by atoms with E-state index in [0.29, 0.717) is 12.8 Å². The zero-order valence-corrected chi connectivity index (χ0v) is 9.13. The van der Waals surface area contributed by atoms with Crippen LogP contribution in [0.1, 0.15) is 43.6 Å². The van der Waals surface area contributed by atoms with Gasteiger partial charge in [-0.05, 0) is 25.0 Å². The molecule has 0 radical (unpaired) electrons. The van der Waals surface area contributed by atoms with E-state index in [1.54, 1.807) is 0 Å². The summed E-state index contributed by atoms with van der Waals surface area (Å²) >= 11 is 0. The van der Waals surface area contributed by atoms with Crippen LogP contribution in [0, 0.1) is 11.6 Å². The molecular formula is C13H16F2O. The Balaban J connectivity index is 2.33. The normalized spacial score (nSPS) is 26.4. The Labute approximate surface area is 94.1 Å². The number of benzene rings is 1. The van der Waals surface area contributed by atoms with Crippen LogP contribution in [-0.4, -0.2) is 11.2 Å². The van der Waals surface area contributed by atoms with Crippen molar-refractivity contribution in [2.45, 2.75) is 44.1 Å². The second-order valence-corrected chi connectivity index (χ2v) is 4.45. The van der Waals surface area contributed by atoms with Crippen molar-refractivity contribution in [1.82, 2.24) is 0 Å². The van der Waals surface area contributed by atoms with Crippen LogP contribution >= 0.6 is 0 Å². The summed E-state index contributed by atoms with van der Waals surface area (Å²) in [7, 11) is 0. The van der Waals surface area contributed by atoms with Gasteiger partial charge in [0.2, 0.25) is 0 Å². The maximum Gasteiger partial charge on any atom is 0.129 e. The molecule has 1 N–H and O–H groups in total. The first-order valence-corrected chi connectivity index (χ1v) is 5.82. The topological polar surface area (TPSA) is 20.2 Å². The monoisotopic (exact) mass is 226 g/mol. The predicted molar refractivity (Wildman–Crippen MR) is 58.2 cm³/mol. The molecule has 0 spiro atoms. The number of aliphatic hydroxyl groups is 1. The molecular weight excluding hydrogens is 210 g/mol. The van der Waals surface area contributed by atoms with Crippen LogP contribution in [0.2, 0.25) is 0 Å². The Morgan fingerprint density at radius 1 is 1.00 bits per heavy atom. The first-order chi connectivity index (χ1) is 7.70. The molecule has 0 bridgehead atoms. The lowest BCUT2D eigenvalue weighted by Gasteiger charge is -2.21. The second kappa shape index (κ2) is 4.91. The van der Waals surface area contributed by atoms with Crippen molar-refractivity contribution in [2.75, 3.05) is 0 Å². The van der Waals surface area contributed by atoms with E-state index in [0.717, 1.165) is 19.3 Å². The van der Waals surface area contributed by atoms with Crippen molar-refractivity contribution in [3.63, 3.8) is 0 Å². The van der Waals surface area contributed by atoms with Gasteiger partial charge >= 0.3 is 0 Å². The van der Waals surface area contributed by atoms with Crippen molar-refractivity contribution < 1.29 is 13.9 Å². The van der Waals surface area contributed by atoms with Crippen LogP contribution in [0.15, 0.2) is 18.2 Å². The second-order valence-electron chi connectivity index (χ2n) is 4.45. The van der Waals surface area contributed by atoms with Crippen LogP contribution in [-0.2, 0) is 0 Å². The minimum absolute atomic E-state index is 0.0666. The Kier molecular flexibility index (Phi) is 3.54. The average molecular weight is 226 g/mol. The molecule has 0 amide bonds. The fourth-order valence-corrected chi connectivity index (χ4v) is 2.49. The van der Waals surface area contributed by atoms with E-state index >= 15 is 0 Å². The summed E-state index contributed by atoms with van der Waals surface area (Å²) < 4.78 is 27.2. The highest BCUT2D eigenvalue weighted by Gasteiger charge is 2.27. The lowest BCUT2D eigenvalue weighted by Crippen LogP contribution is -2.19. The van der Waals surface area contributed by atoms with Crippen LogP contribution < -0.4 is 0 Å². The molecule has 0 saturated heterocycles. The number of halogens is 2. The van der Waals surface area contributed by atoms with Gasteiger partial charge in [0.25, 0.3) is 0 Å². The summed E-state index contributed by atoms with van der Waals surface area (Å²) in [4.78, 5) is 0. The molecule has 1 aromatic carbocycles. The van der Waals surface area contributed by atoms with Gasteiger partial charge in [-0.1, -0.05) is 25.3 Å². The molecule has 3 heteroatoms. The molecule has 1 nitrogen and oxygen atoms in total. The van der Waals surface area contributed by atoms with Crippen molar-refractivity contribution in [3.05, 3.63) is 35.4 Å². The zero-order chi connectivity index (χ0) is 11.5.